The van der Waals surface area contributed by atoms with Crippen LogP contribution in [0.15, 0.2) is 60.0 Å². The number of ketones is 1. The number of aryl methyl sites for hydroxylation is 2. The second-order valence-corrected chi connectivity index (χ2v) is 8.95. The zero-order valence-electron chi connectivity index (χ0n) is 18.9. The second-order valence-electron chi connectivity index (χ2n) is 7.75. The van der Waals surface area contributed by atoms with E-state index in [9.17, 15) is 19.5 Å². The molecule has 0 saturated carbocycles. The summed E-state index contributed by atoms with van der Waals surface area (Å²) in [6.45, 7) is 5.63. The van der Waals surface area contributed by atoms with E-state index in [4.69, 9.17) is 4.74 Å². The van der Waals surface area contributed by atoms with Gasteiger partial charge in [-0.05, 0) is 50.6 Å². The lowest BCUT2D eigenvalue weighted by atomic mass is 9.98. The predicted octanol–water partition coefficient (Wildman–Crippen LogP) is 4.11. The van der Waals surface area contributed by atoms with Crippen molar-refractivity contribution < 1.29 is 24.2 Å². The highest BCUT2D eigenvalue weighted by Gasteiger charge is 2.45. The summed E-state index contributed by atoms with van der Waals surface area (Å²) in [5.41, 5.74) is 2.11. The van der Waals surface area contributed by atoms with Gasteiger partial charge in [0.05, 0.1) is 39.0 Å². The monoisotopic (exact) mass is 477 g/mol. The van der Waals surface area contributed by atoms with E-state index in [1.165, 1.54) is 16.2 Å². The molecule has 1 atom stereocenters. The Balaban J connectivity index is 1.70. The Bertz CT molecular complexity index is 1280. The van der Waals surface area contributed by atoms with Gasteiger partial charge in [-0.15, -0.1) is 11.3 Å². The Hall–Kier alpha value is -3.85. The Kier molecular flexibility index (Phi) is 6.56. The van der Waals surface area contributed by atoms with E-state index in [0.29, 0.717) is 27.4 Å². The molecule has 1 aliphatic heterocycles. The first-order chi connectivity index (χ1) is 16.3. The minimum absolute atomic E-state index is 0.0152. The number of aliphatic hydroxyl groups excluding tert-OH is 1. The molecule has 3 heterocycles. The van der Waals surface area contributed by atoms with E-state index in [0.717, 1.165) is 5.01 Å². The Labute approximate surface area is 200 Å². The minimum atomic E-state index is -0.868. The fraction of sp³-hybridized carbons (Fsp3) is 0.240. The predicted molar refractivity (Wildman–Crippen MR) is 125 cm³/mol. The molecule has 0 aliphatic carbocycles. The molecule has 4 rings (SSSR count). The quantitative estimate of drug-likeness (QED) is 0.403. The Morgan fingerprint density at radius 1 is 1.15 bits per heavy atom. The number of benzene rings is 1. The van der Waals surface area contributed by atoms with Gasteiger partial charge < -0.3 is 14.7 Å². The van der Waals surface area contributed by atoms with Crippen molar-refractivity contribution in [3.63, 3.8) is 0 Å². The van der Waals surface area contributed by atoms with Crippen LogP contribution in [0, 0.1) is 13.8 Å². The molecule has 9 heteroatoms. The molecule has 8 nitrogen and oxygen atoms in total. The van der Waals surface area contributed by atoms with Gasteiger partial charge in [0.15, 0.2) is 5.76 Å². The summed E-state index contributed by atoms with van der Waals surface area (Å²) >= 11 is 1.22. The number of Topliss-reactive ketones (excluding diaryl/α,β-unsaturated/α-hetero) is 1. The number of aliphatic hydroxyl groups is 1. The number of amides is 1. The maximum atomic E-state index is 13.5. The van der Waals surface area contributed by atoms with E-state index in [1.54, 1.807) is 69.4 Å². The van der Waals surface area contributed by atoms with Crippen LogP contribution in [0.3, 0.4) is 0 Å². The number of aromatic nitrogens is 2. The molecular formula is C25H23N3O5S. The van der Waals surface area contributed by atoms with Crippen molar-refractivity contribution in [2.45, 2.75) is 33.4 Å². The molecule has 174 valence electrons. The molecule has 1 aromatic carbocycles. The first-order valence-electron chi connectivity index (χ1n) is 10.7. The maximum Gasteiger partial charge on any atom is 0.338 e. The van der Waals surface area contributed by atoms with Crippen LogP contribution in [0.25, 0.3) is 0 Å². The molecule has 1 unspecified atom stereocenters. The van der Waals surface area contributed by atoms with E-state index in [1.807, 2.05) is 0 Å². The molecular weight excluding hydrogens is 454 g/mol. The molecule has 1 amide bonds. The van der Waals surface area contributed by atoms with Crippen LogP contribution in [0.1, 0.15) is 55.0 Å². The first-order valence-corrected chi connectivity index (χ1v) is 11.5. The zero-order valence-corrected chi connectivity index (χ0v) is 19.8. The number of ether oxygens (including phenoxy) is 1. The van der Waals surface area contributed by atoms with Crippen molar-refractivity contribution in [2.24, 2.45) is 0 Å². The van der Waals surface area contributed by atoms with E-state index < -0.39 is 29.5 Å². The number of rotatable bonds is 7. The molecule has 0 radical (unpaired) electrons. The number of thiazole rings is 1. The van der Waals surface area contributed by atoms with Gasteiger partial charge in [0.2, 0.25) is 5.78 Å². The average Bonchev–Trinajstić information content (AvgIpc) is 3.30. The number of hydrogen-bond acceptors (Lipinski definition) is 8. The molecule has 0 saturated heterocycles. The molecule has 1 N–H and O–H groups in total. The third-order valence-electron chi connectivity index (χ3n) is 5.44. The van der Waals surface area contributed by atoms with Gasteiger partial charge in [0.25, 0.3) is 5.91 Å². The normalized spacial score (nSPS) is 15.7. The van der Waals surface area contributed by atoms with Crippen molar-refractivity contribution in [3.8, 4) is 0 Å². The van der Waals surface area contributed by atoms with Gasteiger partial charge in [-0.25, -0.2) is 9.78 Å². The minimum Gasteiger partial charge on any atom is -0.503 e. The van der Waals surface area contributed by atoms with Crippen LogP contribution in [-0.4, -0.2) is 44.2 Å². The summed E-state index contributed by atoms with van der Waals surface area (Å²) in [4.78, 5) is 49.0. The van der Waals surface area contributed by atoms with Crippen LogP contribution >= 0.6 is 11.3 Å². The molecule has 1 aliphatic rings. The Morgan fingerprint density at radius 3 is 2.47 bits per heavy atom. The zero-order chi connectivity index (χ0) is 24.4. The summed E-state index contributed by atoms with van der Waals surface area (Å²) in [5.74, 6) is -2.12. The topological polar surface area (TPSA) is 110 Å². The molecule has 2 aromatic heterocycles. The second kappa shape index (κ2) is 9.56. The van der Waals surface area contributed by atoms with Gasteiger partial charge in [0.1, 0.15) is 6.04 Å². The summed E-state index contributed by atoms with van der Waals surface area (Å²) < 4.78 is 5.01. The highest BCUT2D eigenvalue weighted by atomic mass is 32.1. The number of nitrogens with zero attached hydrogens (tertiary/aromatic N) is 3. The number of esters is 1. The number of pyridine rings is 1. The standard InChI is InChI=1S/C25H23N3O5S/c1-4-33-25(32)17-10-8-16(9-11-17)13-28-20(18-7-5-6-12-26-18)19(22(30)24(28)31)21(29)23-14(2)27-15(3)34-23/h5-12,20,30H,4,13H2,1-3H3. The summed E-state index contributed by atoms with van der Waals surface area (Å²) in [6, 6.07) is 11.0. The van der Waals surface area contributed by atoms with Gasteiger partial charge >= 0.3 is 5.97 Å². The van der Waals surface area contributed by atoms with Gasteiger partial charge in [0, 0.05) is 12.7 Å². The lowest BCUT2D eigenvalue weighted by Crippen LogP contribution is -2.31. The summed E-state index contributed by atoms with van der Waals surface area (Å²) in [5, 5.41) is 11.5. The van der Waals surface area contributed by atoms with Crippen LogP contribution in [-0.2, 0) is 16.1 Å². The molecule has 0 fully saturated rings. The molecule has 3 aromatic rings. The lowest BCUT2D eigenvalue weighted by molar-refractivity contribution is -0.130. The van der Waals surface area contributed by atoms with Gasteiger partial charge in [-0.2, -0.15) is 0 Å². The number of carbonyl (C=O) groups excluding carboxylic acids is 3. The maximum absolute atomic E-state index is 13.5. The van der Waals surface area contributed by atoms with Crippen molar-refractivity contribution in [1.82, 2.24) is 14.9 Å². The molecule has 0 bridgehead atoms. The summed E-state index contributed by atoms with van der Waals surface area (Å²) in [7, 11) is 0. The molecule has 34 heavy (non-hydrogen) atoms. The smallest absolute Gasteiger partial charge is 0.338 e. The van der Waals surface area contributed by atoms with E-state index >= 15 is 0 Å². The highest BCUT2D eigenvalue weighted by molar-refractivity contribution is 7.14. The van der Waals surface area contributed by atoms with E-state index in [-0.39, 0.29) is 18.7 Å². The lowest BCUT2D eigenvalue weighted by Gasteiger charge is -2.26. The third-order valence-corrected chi connectivity index (χ3v) is 6.52. The Morgan fingerprint density at radius 2 is 1.88 bits per heavy atom. The van der Waals surface area contributed by atoms with Gasteiger partial charge in [-0.1, -0.05) is 18.2 Å². The van der Waals surface area contributed by atoms with Crippen molar-refractivity contribution >= 4 is 29.0 Å². The summed E-state index contributed by atoms with van der Waals surface area (Å²) in [6.07, 6.45) is 1.58. The van der Waals surface area contributed by atoms with Crippen molar-refractivity contribution in [3.05, 3.63) is 92.4 Å². The van der Waals surface area contributed by atoms with Crippen LogP contribution < -0.4 is 0 Å². The van der Waals surface area contributed by atoms with Crippen LogP contribution in [0.4, 0.5) is 0 Å². The number of hydrogen-bond donors (Lipinski definition) is 1. The SMILES string of the molecule is CCOC(=O)c1ccc(CN2C(=O)C(O)=C(C(=O)c3sc(C)nc3C)C2c2ccccn2)cc1. The van der Waals surface area contributed by atoms with Crippen molar-refractivity contribution in [2.75, 3.05) is 6.61 Å². The number of carbonyl (C=O) groups is 3. The third kappa shape index (κ3) is 4.34. The largest absolute Gasteiger partial charge is 0.503 e. The van der Waals surface area contributed by atoms with Crippen molar-refractivity contribution in [1.29, 1.82) is 0 Å². The highest BCUT2D eigenvalue weighted by Crippen LogP contribution is 2.40. The first kappa shape index (κ1) is 23.3. The van der Waals surface area contributed by atoms with Crippen LogP contribution in [0.2, 0.25) is 0 Å². The van der Waals surface area contributed by atoms with Crippen LogP contribution in [0.5, 0.6) is 0 Å². The fourth-order valence-corrected chi connectivity index (χ4v) is 4.79. The van der Waals surface area contributed by atoms with E-state index in [2.05, 4.69) is 9.97 Å². The van der Waals surface area contributed by atoms with Gasteiger partial charge in [-0.3, -0.25) is 14.6 Å². The fourth-order valence-electron chi connectivity index (χ4n) is 3.92. The average molecular weight is 478 g/mol. The molecule has 0 spiro atoms.